The SMILES string of the molecule is C#Cc1ccc(Cc2c(C(=O)NOC[C@H](O)CO)c3cccnc3n2C)c(C)c1. The van der Waals surface area contributed by atoms with Gasteiger partial charge in [-0.15, -0.1) is 6.42 Å². The van der Waals surface area contributed by atoms with Gasteiger partial charge < -0.3 is 14.8 Å². The van der Waals surface area contributed by atoms with Gasteiger partial charge in [-0.1, -0.05) is 12.0 Å². The second kappa shape index (κ2) is 8.88. The summed E-state index contributed by atoms with van der Waals surface area (Å²) in [5.74, 6) is 2.18. The van der Waals surface area contributed by atoms with Crippen molar-refractivity contribution in [3.05, 3.63) is 64.5 Å². The van der Waals surface area contributed by atoms with E-state index in [1.54, 1.807) is 12.3 Å². The third-order valence-corrected chi connectivity index (χ3v) is 4.81. The van der Waals surface area contributed by atoms with Crippen molar-refractivity contribution in [1.29, 1.82) is 0 Å². The maximum Gasteiger partial charge on any atom is 0.277 e. The van der Waals surface area contributed by atoms with E-state index in [0.29, 0.717) is 23.0 Å². The summed E-state index contributed by atoms with van der Waals surface area (Å²) in [5, 5.41) is 19.0. The number of carbonyl (C=O) groups excluding carboxylic acids is 1. The molecule has 1 amide bonds. The van der Waals surface area contributed by atoms with E-state index in [2.05, 4.69) is 16.4 Å². The van der Waals surface area contributed by atoms with Crippen LogP contribution in [0.5, 0.6) is 0 Å². The Labute approximate surface area is 168 Å². The van der Waals surface area contributed by atoms with Crippen LogP contribution in [0.25, 0.3) is 11.0 Å². The van der Waals surface area contributed by atoms with Crippen LogP contribution < -0.4 is 5.48 Å². The molecule has 0 aliphatic rings. The van der Waals surface area contributed by atoms with Gasteiger partial charge in [0, 0.05) is 36.3 Å². The van der Waals surface area contributed by atoms with Gasteiger partial charge in [0.25, 0.3) is 5.91 Å². The fourth-order valence-corrected chi connectivity index (χ4v) is 3.24. The molecule has 7 nitrogen and oxygen atoms in total. The number of hydrogen-bond acceptors (Lipinski definition) is 5. The van der Waals surface area contributed by atoms with Gasteiger partial charge in [0.2, 0.25) is 0 Å². The van der Waals surface area contributed by atoms with E-state index in [-0.39, 0.29) is 6.61 Å². The molecule has 2 aromatic heterocycles. The number of aryl methyl sites for hydroxylation is 2. The first kappa shape index (κ1) is 20.6. The van der Waals surface area contributed by atoms with Crippen molar-refractivity contribution >= 4 is 16.9 Å². The van der Waals surface area contributed by atoms with Crippen LogP contribution in [0, 0.1) is 19.3 Å². The van der Waals surface area contributed by atoms with Gasteiger partial charge in [0.15, 0.2) is 0 Å². The summed E-state index contributed by atoms with van der Waals surface area (Å²) in [5.41, 5.74) is 7.14. The first-order chi connectivity index (χ1) is 14.0. The average Bonchev–Trinajstić information content (AvgIpc) is 3.01. The van der Waals surface area contributed by atoms with Gasteiger partial charge in [-0.3, -0.25) is 9.63 Å². The lowest BCUT2D eigenvalue weighted by atomic mass is 9.99. The molecule has 3 aromatic rings. The van der Waals surface area contributed by atoms with Crippen molar-refractivity contribution in [2.45, 2.75) is 19.4 Å². The maximum atomic E-state index is 12.9. The summed E-state index contributed by atoms with van der Waals surface area (Å²) in [6.45, 7) is 1.32. The Morgan fingerprint density at radius 1 is 1.41 bits per heavy atom. The van der Waals surface area contributed by atoms with Gasteiger partial charge in [-0.25, -0.2) is 10.5 Å². The van der Waals surface area contributed by atoms with E-state index in [9.17, 15) is 9.90 Å². The quantitative estimate of drug-likeness (QED) is 0.417. The topological polar surface area (TPSA) is 96.6 Å². The number of nitrogens with zero attached hydrogens (tertiary/aromatic N) is 2. The number of terminal acetylenes is 1. The number of aliphatic hydroxyl groups is 2. The highest BCUT2D eigenvalue weighted by molar-refractivity contribution is 6.07. The molecular formula is C22H23N3O4. The monoisotopic (exact) mass is 393 g/mol. The third-order valence-electron chi connectivity index (χ3n) is 4.81. The second-order valence-electron chi connectivity index (χ2n) is 6.80. The third kappa shape index (κ3) is 4.30. The summed E-state index contributed by atoms with van der Waals surface area (Å²) < 4.78 is 1.89. The first-order valence-electron chi connectivity index (χ1n) is 9.15. The molecule has 0 aliphatic carbocycles. The van der Waals surface area contributed by atoms with Crippen LogP contribution in [0.4, 0.5) is 0 Å². The van der Waals surface area contributed by atoms with Crippen molar-refractivity contribution < 1.29 is 19.8 Å². The highest BCUT2D eigenvalue weighted by Gasteiger charge is 2.23. The Balaban J connectivity index is 1.98. The molecule has 3 rings (SSSR count). The number of rotatable bonds is 7. The number of hydroxylamine groups is 1. The minimum atomic E-state index is -1.07. The number of pyridine rings is 1. The van der Waals surface area contributed by atoms with Crippen LogP contribution in [0.1, 0.15) is 32.7 Å². The fourth-order valence-electron chi connectivity index (χ4n) is 3.24. The zero-order valence-electron chi connectivity index (χ0n) is 16.3. The van der Waals surface area contributed by atoms with E-state index in [1.807, 2.05) is 42.8 Å². The van der Waals surface area contributed by atoms with Crippen molar-refractivity contribution in [3.8, 4) is 12.3 Å². The van der Waals surface area contributed by atoms with Gasteiger partial charge in [-0.2, -0.15) is 0 Å². The highest BCUT2D eigenvalue weighted by atomic mass is 16.7. The molecule has 0 fully saturated rings. The van der Waals surface area contributed by atoms with Gasteiger partial charge in [0.05, 0.1) is 12.2 Å². The number of hydrogen-bond donors (Lipinski definition) is 3. The normalized spacial score (nSPS) is 12.0. The summed E-state index contributed by atoms with van der Waals surface area (Å²) >= 11 is 0. The van der Waals surface area contributed by atoms with Crippen LogP contribution in [0.15, 0.2) is 36.5 Å². The Morgan fingerprint density at radius 2 is 2.21 bits per heavy atom. The molecular weight excluding hydrogens is 370 g/mol. The molecule has 150 valence electrons. The minimum Gasteiger partial charge on any atom is -0.394 e. The lowest BCUT2D eigenvalue weighted by Gasteiger charge is -2.12. The second-order valence-corrected chi connectivity index (χ2v) is 6.80. The van der Waals surface area contributed by atoms with Crippen LogP contribution >= 0.6 is 0 Å². The van der Waals surface area contributed by atoms with Crippen LogP contribution in [-0.2, 0) is 18.3 Å². The number of amides is 1. The predicted octanol–water partition coefficient (Wildman–Crippen LogP) is 1.47. The van der Waals surface area contributed by atoms with E-state index >= 15 is 0 Å². The lowest BCUT2D eigenvalue weighted by Crippen LogP contribution is -2.30. The maximum absolute atomic E-state index is 12.9. The highest BCUT2D eigenvalue weighted by Crippen LogP contribution is 2.27. The Morgan fingerprint density at radius 3 is 2.90 bits per heavy atom. The van der Waals surface area contributed by atoms with Crippen molar-refractivity contribution in [2.75, 3.05) is 13.2 Å². The van der Waals surface area contributed by atoms with Crippen LogP contribution in [0.3, 0.4) is 0 Å². The Hall–Kier alpha value is -3.18. The molecule has 0 spiro atoms. The fraction of sp³-hybridized carbons (Fsp3) is 0.273. The number of aromatic nitrogens is 2. The average molecular weight is 393 g/mol. The summed E-state index contributed by atoms with van der Waals surface area (Å²) in [6, 6.07) is 9.38. The number of carbonyl (C=O) groups is 1. The molecule has 29 heavy (non-hydrogen) atoms. The van der Waals surface area contributed by atoms with E-state index in [0.717, 1.165) is 22.4 Å². The zero-order chi connectivity index (χ0) is 21.0. The molecule has 0 aliphatic heterocycles. The summed E-state index contributed by atoms with van der Waals surface area (Å²) in [4.78, 5) is 22.3. The molecule has 2 heterocycles. The Bertz CT molecular complexity index is 1080. The molecule has 1 aromatic carbocycles. The number of aliphatic hydroxyl groups excluding tert-OH is 2. The number of nitrogens with one attached hydrogen (secondary N) is 1. The molecule has 0 radical (unpaired) electrons. The van der Waals surface area contributed by atoms with Gasteiger partial charge >= 0.3 is 0 Å². The van der Waals surface area contributed by atoms with Crippen molar-refractivity contribution in [1.82, 2.24) is 15.0 Å². The largest absolute Gasteiger partial charge is 0.394 e. The lowest BCUT2D eigenvalue weighted by molar-refractivity contribution is -0.0295. The number of benzene rings is 1. The molecule has 1 atom stereocenters. The summed E-state index contributed by atoms with van der Waals surface area (Å²) in [6.07, 6.45) is 6.59. The first-order valence-corrected chi connectivity index (χ1v) is 9.15. The Kier molecular flexibility index (Phi) is 6.29. The van der Waals surface area contributed by atoms with Gasteiger partial charge in [0.1, 0.15) is 18.4 Å². The summed E-state index contributed by atoms with van der Waals surface area (Å²) in [7, 11) is 1.86. The molecule has 0 saturated carbocycles. The molecule has 3 N–H and O–H groups in total. The van der Waals surface area contributed by atoms with E-state index in [4.69, 9.17) is 16.4 Å². The van der Waals surface area contributed by atoms with Crippen molar-refractivity contribution in [3.63, 3.8) is 0 Å². The molecule has 0 saturated heterocycles. The van der Waals surface area contributed by atoms with E-state index in [1.165, 1.54) is 0 Å². The molecule has 0 bridgehead atoms. The number of fused-ring (bicyclic) bond motifs is 1. The van der Waals surface area contributed by atoms with Crippen LogP contribution in [0.2, 0.25) is 0 Å². The standard InChI is InChI=1S/C22H23N3O4/c1-4-15-7-8-16(14(2)10-15)11-19-20(22(28)24-29-13-17(27)12-26)18-6-5-9-23-21(18)25(19)3/h1,5-10,17,26-27H,11-13H2,2-3H3,(H,24,28)/t17-/m1/s1. The van der Waals surface area contributed by atoms with Crippen molar-refractivity contribution in [2.24, 2.45) is 7.05 Å². The zero-order valence-corrected chi connectivity index (χ0v) is 16.3. The predicted molar refractivity (Wildman–Crippen MR) is 109 cm³/mol. The molecule has 7 heteroatoms. The van der Waals surface area contributed by atoms with Crippen LogP contribution in [-0.4, -0.2) is 45.0 Å². The molecule has 0 unspecified atom stereocenters. The van der Waals surface area contributed by atoms with E-state index < -0.39 is 18.6 Å². The van der Waals surface area contributed by atoms with Gasteiger partial charge in [-0.05, 0) is 42.3 Å². The minimum absolute atomic E-state index is 0.215. The smallest absolute Gasteiger partial charge is 0.277 e.